The number of amides is 1. The average Bonchev–Trinajstić information content (AvgIpc) is 3.35. The van der Waals surface area contributed by atoms with E-state index in [1.54, 1.807) is 0 Å². The third-order valence-corrected chi connectivity index (χ3v) is 5.70. The van der Waals surface area contributed by atoms with E-state index in [0.717, 1.165) is 61.2 Å². The lowest BCUT2D eigenvalue weighted by Crippen LogP contribution is -2.30. The molecule has 2 heterocycles. The van der Waals surface area contributed by atoms with Crippen molar-refractivity contribution >= 4 is 28.6 Å². The lowest BCUT2D eigenvalue weighted by molar-refractivity contribution is -0.118. The number of hydrogen-bond acceptors (Lipinski definition) is 4. The Labute approximate surface area is 158 Å². The monoisotopic (exact) mass is 358 g/mol. The van der Waals surface area contributed by atoms with Gasteiger partial charge in [-0.15, -0.1) is 0 Å². The van der Waals surface area contributed by atoms with Crippen LogP contribution in [-0.2, 0) is 10.2 Å². The number of para-hydroxylation sites is 2. The normalized spacial score (nSPS) is 17.9. The number of fused-ring (bicyclic) bond motifs is 1. The van der Waals surface area contributed by atoms with Gasteiger partial charge in [-0.3, -0.25) is 4.79 Å². The molecule has 1 aliphatic heterocycles. The number of nitrogens with zero attached hydrogens (tertiary/aromatic N) is 3. The van der Waals surface area contributed by atoms with Crippen molar-refractivity contribution < 1.29 is 4.79 Å². The first-order valence-corrected chi connectivity index (χ1v) is 9.65. The van der Waals surface area contributed by atoms with E-state index in [9.17, 15) is 4.79 Å². The van der Waals surface area contributed by atoms with E-state index in [1.807, 2.05) is 54.6 Å². The molecule has 1 N–H and O–H groups in total. The summed E-state index contributed by atoms with van der Waals surface area (Å²) in [5.74, 6) is 1.41. The van der Waals surface area contributed by atoms with Crippen molar-refractivity contribution in [2.75, 3.05) is 23.3 Å². The average molecular weight is 358 g/mol. The van der Waals surface area contributed by atoms with Gasteiger partial charge in [0.25, 0.3) is 0 Å². The summed E-state index contributed by atoms with van der Waals surface area (Å²) < 4.78 is 0. The maximum Gasteiger partial charge on any atom is 0.236 e. The van der Waals surface area contributed by atoms with Crippen molar-refractivity contribution in [1.29, 1.82) is 0 Å². The van der Waals surface area contributed by atoms with Gasteiger partial charge in [0.05, 0.1) is 16.4 Å². The highest BCUT2D eigenvalue weighted by atomic mass is 16.2. The van der Waals surface area contributed by atoms with Crippen LogP contribution >= 0.6 is 0 Å². The highest BCUT2D eigenvalue weighted by Crippen LogP contribution is 2.49. The van der Waals surface area contributed by atoms with E-state index in [-0.39, 0.29) is 5.91 Å². The van der Waals surface area contributed by atoms with Crippen LogP contribution in [0.4, 0.5) is 11.6 Å². The van der Waals surface area contributed by atoms with E-state index in [1.165, 1.54) is 0 Å². The summed E-state index contributed by atoms with van der Waals surface area (Å²) in [5.41, 5.74) is 2.33. The van der Waals surface area contributed by atoms with E-state index < -0.39 is 5.41 Å². The summed E-state index contributed by atoms with van der Waals surface area (Å²) in [7, 11) is 0. The molecule has 136 valence electrons. The van der Waals surface area contributed by atoms with Crippen LogP contribution in [0.5, 0.6) is 0 Å². The highest BCUT2D eigenvalue weighted by Gasteiger charge is 2.51. The first-order valence-electron chi connectivity index (χ1n) is 9.65. The Kier molecular flexibility index (Phi) is 3.81. The molecule has 3 aromatic rings. The molecule has 27 heavy (non-hydrogen) atoms. The predicted octanol–water partition coefficient (Wildman–Crippen LogP) is 3.90. The second-order valence-corrected chi connectivity index (χ2v) is 7.48. The molecule has 1 saturated heterocycles. The number of carbonyl (C=O) groups excluding carboxylic acids is 1. The molecule has 1 amide bonds. The van der Waals surface area contributed by atoms with Gasteiger partial charge in [-0.1, -0.05) is 42.5 Å². The molecular formula is C22H22N4O. The third kappa shape index (κ3) is 2.83. The minimum absolute atomic E-state index is 0.0266. The molecule has 0 radical (unpaired) electrons. The lowest BCUT2D eigenvalue weighted by Gasteiger charge is -2.22. The van der Waals surface area contributed by atoms with Crippen LogP contribution in [0.25, 0.3) is 11.0 Å². The second kappa shape index (κ2) is 6.34. The first kappa shape index (κ1) is 16.2. The molecule has 0 bridgehead atoms. The van der Waals surface area contributed by atoms with Gasteiger partial charge in [-0.2, -0.15) is 0 Å². The first-order chi connectivity index (χ1) is 13.3. The SMILES string of the molecule is O=C(Nc1nc2ccccc2nc1N1CCCC1)C1(c2ccccc2)CC1. The number of rotatable bonds is 4. The highest BCUT2D eigenvalue weighted by molar-refractivity contribution is 6.03. The summed E-state index contributed by atoms with van der Waals surface area (Å²) >= 11 is 0. The molecule has 5 heteroatoms. The van der Waals surface area contributed by atoms with Gasteiger partial charge in [-0.05, 0) is 43.4 Å². The van der Waals surface area contributed by atoms with Crippen molar-refractivity contribution in [2.45, 2.75) is 31.1 Å². The number of nitrogens with one attached hydrogen (secondary N) is 1. The van der Waals surface area contributed by atoms with E-state index in [4.69, 9.17) is 9.97 Å². The second-order valence-electron chi connectivity index (χ2n) is 7.48. The van der Waals surface area contributed by atoms with Gasteiger partial charge < -0.3 is 10.2 Å². The molecule has 5 nitrogen and oxygen atoms in total. The summed E-state index contributed by atoms with van der Waals surface area (Å²) in [6.45, 7) is 1.92. The van der Waals surface area contributed by atoms with Crippen molar-refractivity contribution in [3.8, 4) is 0 Å². The Bertz CT molecular complexity index is 992. The molecule has 1 aliphatic carbocycles. The van der Waals surface area contributed by atoms with Crippen LogP contribution in [0, 0.1) is 0 Å². The molecular weight excluding hydrogens is 336 g/mol. The zero-order chi connectivity index (χ0) is 18.3. The number of carbonyl (C=O) groups is 1. The largest absolute Gasteiger partial charge is 0.354 e. The topological polar surface area (TPSA) is 58.1 Å². The van der Waals surface area contributed by atoms with E-state index in [0.29, 0.717) is 5.82 Å². The molecule has 2 aliphatic rings. The Balaban J connectivity index is 1.52. The maximum atomic E-state index is 13.2. The van der Waals surface area contributed by atoms with Gasteiger partial charge in [0, 0.05) is 13.1 Å². The summed E-state index contributed by atoms with van der Waals surface area (Å²) in [6, 6.07) is 17.9. The summed E-state index contributed by atoms with van der Waals surface area (Å²) in [4.78, 5) is 25.0. The fraction of sp³-hybridized carbons (Fsp3) is 0.318. The van der Waals surface area contributed by atoms with Crippen LogP contribution in [0.2, 0.25) is 0 Å². The molecule has 1 aromatic heterocycles. The number of hydrogen-bond donors (Lipinski definition) is 1. The minimum Gasteiger partial charge on any atom is -0.354 e. The molecule has 0 unspecified atom stereocenters. The summed E-state index contributed by atoms with van der Waals surface area (Å²) in [5, 5.41) is 3.13. The molecule has 2 aromatic carbocycles. The van der Waals surface area contributed by atoms with Crippen molar-refractivity contribution in [2.24, 2.45) is 0 Å². The Morgan fingerprint density at radius 3 is 2.19 bits per heavy atom. The maximum absolute atomic E-state index is 13.2. The fourth-order valence-corrected chi connectivity index (χ4v) is 3.98. The Morgan fingerprint density at radius 1 is 0.889 bits per heavy atom. The van der Waals surface area contributed by atoms with Crippen molar-refractivity contribution in [3.05, 3.63) is 60.2 Å². The van der Waals surface area contributed by atoms with Gasteiger partial charge in [0.1, 0.15) is 0 Å². The van der Waals surface area contributed by atoms with Crippen LogP contribution in [-0.4, -0.2) is 29.0 Å². The number of anilines is 2. The van der Waals surface area contributed by atoms with Crippen molar-refractivity contribution in [1.82, 2.24) is 9.97 Å². The standard InChI is InChI=1S/C22H22N4O/c27-21(22(12-13-22)16-8-2-1-3-9-16)25-19-20(26-14-6-7-15-26)24-18-11-5-4-10-17(18)23-19/h1-5,8-11H,6-7,12-15H2,(H,23,25,27). The third-order valence-electron chi connectivity index (χ3n) is 5.70. The van der Waals surface area contributed by atoms with Crippen LogP contribution < -0.4 is 10.2 Å². The van der Waals surface area contributed by atoms with Gasteiger partial charge in [-0.25, -0.2) is 9.97 Å². The van der Waals surface area contributed by atoms with Crippen LogP contribution in [0.3, 0.4) is 0 Å². The van der Waals surface area contributed by atoms with Gasteiger partial charge in [0.2, 0.25) is 5.91 Å². The Morgan fingerprint density at radius 2 is 1.52 bits per heavy atom. The van der Waals surface area contributed by atoms with E-state index >= 15 is 0 Å². The fourth-order valence-electron chi connectivity index (χ4n) is 3.98. The van der Waals surface area contributed by atoms with Crippen LogP contribution in [0.1, 0.15) is 31.2 Å². The molecule has 1 saturated carbocycles. The van der Waals surface area contributed by atoms with Gasteiger partial charge in [0.15, 0.2) is 11.6 Å². The quantitative estimate of drug-likeness (QED) is 0.768. The van der Waals surface area contributed by atoms with Gasteiger partial charge >= 0.3 is 0 Å². The minimum atomic E-state index is -0.420. The predicted molar refractivity (Wildman–Crippen MR) is 107 cm³/mol. The zero-order valence-electron chi connectivity index (χ0n) is 15.2. The van der Waals surface area contributed by atoms with Crippen molar-refractivity contribution in [3.63, 3.8) is 0 Å². The smallest absolute Gasteiger partial charge is 0.236 e. The zero-order valence-corrected chi connectivity index (χ0v) is 15.2. The summed E-state index contributed by atoms with van der Waals surface area (Å²) in [6.07, 6.45) is 4.05. The molecule has 2 fully saturated rings. The number of benzene rings is 2. The number of aromatic nitrogens is 2. The molecule has 5 rings (SSSR count). The lowest BCUT2D eigenvalue weighted by atomic mass is 9.95. The van der Waals surface area contributed by atoms with E-state index in [2.05, 4.69) is 10.2 Å². The molecule has 0 atom stereocenters. The van der Waals surface area contributed by atoms with Crippen LogP contribution in [0.15, 0.2) is 54.6 Å². The molecule has 0 spiro atoms. The Hall–Kier alpha value is -2.95.